The molecule has 0 saturated heterocycles. The number of esters is 1. The van der Waals surface area contributed by atoms with Gasteiger partial charge in [0.05, 0.1) is 12.3 Å². The van der Waals surface area contributed by atoms with Crippen molar-refractivity contribution < 1.29 is 14.3 Å². The molecule has 20 heavy (non-hydrogen) atoms. The number of amides is 1. The lowest BCUT2D eigenvalue weighted by Gasteiger charge is -2.23. The van der Waals surface area contributed by atoms with Crippen LogP contribution < -0.4 is 5.73 Å². The van der Waals surface area contributed by atoms with Crippen molar-refractivity contribution in [1.29, 1.82) is 0 Å². The minimum Gasteiger partial charge on any atom is -0.465 e. The molecule has 7 heteroatoms. The van der Waals surface area contributed by atoms with Gasteiger partial charge in [-0.05, 0) is 19.8 Å². The van der Waals surface area contributed by atoms with Crippen LogP contribution in [0.3, 0.4) is 0 Å². The number of ether oxygens (including phenoxy) is 1. The first kappa shape index (κ1) is 16.4. The molecule has 112 valence electrons. The molecule has 1 heterocycles. The summed E-state index contributed by atoms with van der Waals surface area (Å²) in [7, 11) is 0. The van der Waals surface area contributed by atoms with Crippen molar-refractivity contribution >= 4 is 28.3 Å². The number of aryl methyl sites for hydroxylation is 1. The van der Waals surface area contributed by atoms with Crippen LogP contribution in [0.1, 0.15) is 36.1 Å². The lowest BCUT2D eigenvalue weighted by Crippen LogP contribution is -2.38. The zero-order valence-electron chi connectivity index (χ0n) is 12.3. The van der Waals surface area contributed by atoms with E-state index in [0.717, 1.165) is 11.3 Å². The van der Waals surface area contributed by atoms with Gasteiger partial charge in [-0.15, -0.1) is 0 Å². The summed E-state index contributed by atoms with van der Waals surface area (Å²) in [6, 6.07) is 0. The third-order valence-corrected chi connectivity index (χ3v) is 3.48. The highest BCUT2D eigenvalue weighted by molar-refractivity contribution is 7.17. The highest BCUT2D eigenvalue weighted by Gasteiger charge is 2.24. The Morgan fingerprint density at radius 2 is 2.10 bits per heavy atom. The Balaban J connectivity index is 2.89. The molecular formula is C13H21N3O3S. The van der Waals surface area contributed by atoms with E-state index >= 15 is 0 Å². The van der Waals surface area contributed by atoms with Crippen molar-refractivity contribution in [2.24, 2.45) is 5.92 Å². The molecule has 0 radical (unpaired) electrons. The van der Waals surface area contributed by atoms with Crippen LogP contribution in [-0.2, 0) is 9.53 Å². The van der Waals surface area contributed by atoms with E-state index in [2.05, 4.69) is 4.98 Å². The summed E-state index contributed by atoms with van der Waals surface area (Å²) < 4.78 is 4.91. The van der Waals surface area contributed by atoms with Crippen LogP contribution in [0, 0.1) is 12.8 Å². The van der Waals surface area contributed by atoms with Gasteiger partial charge in [0.25, 0.3) is 5.91 Å². The summed E-state index contributed by atoms with van der Waals surface area (Å²) in [6.07, 6.45) is 0. The summed E-state index contributed by atoms with van der Waals surface area (Å²) in [6.45, 7) is 8.17. The Morgan fingerprint density at radius 1 is 1.45 bits per heavy atom. The molecule has 0 fully saturated rings. The second-order valence-electron chi connectivity index (χ2n) is 4.85. The van der Waals surface area contributed by atoms with Crippen LogP contribution >= 0.6 is 11.3 Å². The average Bonchev–Trinajstić information content (AvgIpc) is 2.66. The lowest BCUT2D eigenvalue weighted by atomic mass is 10.2. The Bertz CT molecular complexity index is 485. The maximum Gasteiger partial charge on any atom is 0.325 e. The number of carbonyl (C=O) groups is 2. The van der Waals surface area contributed by atoms with Crippen LogP contribution in [0.15, 0.2) is 0 Å². The Hall–Kier alpha value is -1.63. The first-order valence-electron chi connectivity index (χ1n) is 6.52. The normalized spacial score (nSPS) is 10.7. The summed E-state index contributed by atoms with van der Waals surface area (Å²) in [5, 5.41) is 0.353. The summed E-state index contributed by atoms with van der Waals surface area (Å²) in [4.78, 5) is 30.1. The standard InChI is InChI=1S/C13H21N3O3S/c1-5-19-10(17)7-16(6-8(2)3)12(18)11-9(4)15-13(14)20-11/h8H,5-7H2,1-4H3,(H2,14,15). The number of nitrogens with two attached hydrogens (primary N) is 1. The van der Waals surface area contributed by atoms with Gasteiger partial charge in [0.15, 0.2) is 5.13 Å². The van der Waals surface area contributed by atoms with E-state index in [1.54, 1.807) is 13.8 Å². The first-order valence-corrected chi connectivity index (χ1v) is 7.34. The van der Waals surface area contributed by atoms with E-state index in [9.17, 15) is 9.59 Å². The Labute approximate surface area is 122 Å². The molecular weight excluding hydrogens is 278 g/mol. The molecule has 1 amide bonds. The molecule has 1 aromatic heterocycles. The van der Waals surface area contributed by atoms with E-state index in [4.69, 9.17) is 10.5 Å². The highest BCUT2D eigenvalue weighted by atomic mass is 32.1. The number of nitrogens with zero attached hydrogens (tertiary/aromatic N) is 2. The van der Waals surface area contributed by atoms with E-state index in [0.29, 0.717) is 28.9 Å². The zero-order valence-corrected chi connectivity index (χ0v) is 13.1. The number of aromatic nitrogens is 1. The Kier molecular flexibility index (Phi) is 5.94. The quantitative estimate of drug-likeness (QED) is 0.808. The van der Waals surface area contributed by atoms with Gasteiger partial charge in [-0.3, -0.25) is 9.59 Å². The molecule has 0 aromatic carbocycles. The minimum absolute atomic E-state index is 0.0535. The number of nitrogen functional groups attached to an aromatic ring is 1. The van der Waals surface area contributed by atoms with Gasteiger partial charge in [-0.1, -0.05) is 25.2 Å². The van der Waals surface area contributed by atoms with E-state index in [1.165, 1.54) is 4.90 Å². The molecule has 0 aliphatic carbocycles. The predicted octanol–water partition coefficient (Wildman–Crippen LogP) is 1.70. The zero-order chi connectivity index (χ0) is 15.3. The molecule has 0 saturated carbocycles. The van der Waals surface area contributed by atoms with Crippen LogP contribution in [0.2, 0.25) is 0 Å². The van der Waals surface area contributed by atoms with Crippen molar-refractivity contribution in [1.82, 2.24) is 9.88 Å². The number of thiazole rings is 1. The molecule has 1 rings (SSSR count). The first-order chi connectivity index (χ1) is 9.35. The SMILES string of the molecule is CCOC(=O)CN(CC(C)C)C(=O)c1sc(N)nc1C. The molecule has 0 bridgehead atoms. The van der Waals surface area contributed by atoms with Crippen molar-refractivity contribution in [2.45, 2.75) is 27.7 Å². The monoisotopic (exact) mass is 299 g/mol. The molecule has 0 spiro atoms. The van der Waals surface area contributed by atoms with Crippen LogP contribution in [-0.4, -0.2) is 41.5 Å². The van der Waals surface area contributed by atoms with Crippen molar-refractivity contribution in [3.05, 3.63) is 10.6 Å². The van der Waals surface area contributed by atoms with E-state index in [-0.39, 0.29) is 18.4 Å². The van der Waals surface area contributed by atoms with Gasteiger partial charge in [0, 0.05) is 6.54 Å². The number of hydrogen-bond donors (Lipinski definition) is 1. The van der Waals surface area contributed by atoms with E-state index < -0.39 is 5.97 Å². The smallest absolute Gasteiger partial charge is 0.325 e. The summed E-state index contributed by atoms with van der Waals surface area (Å²) in [5.41, 5.74) is 6.21. The molecule has 1 aromatic rings. The van der Waals surface area contributed by atoms with Crippen LogP contribution in [0.25, 0.3) is 0 Å². The number of anilines is 1. The maximum atomic E-state index is 12.5. The fourth-order valence-electron chi connectivity index (χ4n) is 1.78. The highest BCUT2D eigenvalue weighted by Crippen LogP contribution is 2.22. The van der Waals surface area contributed by atoms with Crippen LogP contribution in [0.4, 0.5) is 5.13 Å². The predicted molar refractivity (Wildman–Crippen MR) is 78.6 cm³/mol. The van der Waals surface area contributed by atoms with Gasteiger partial charge in [-0.2, -0.15) is 0 Å². The van der Waals surface area contributed by atoms with Gasteiger partial charge in [0.2, 0.25) is 0 Å². The van der Waals surface area contributed by atoms with Crippen molar-refractivity contribution in [3.63, 3.8) is 0 Å². The number of rotatable bonds is 6. The van der Waals surface area contributed by atoms with Gasteiger partial charge in [0.1, 0.15) is 11.4 Å². The van der Waals surface area contributed by atoms with E-state index in [1.807, 2.05) is 13.8 Å². The Morgan fingerprint density at radius 3 is 2.55 bits per heavy atom. The molecule has 6 nitrogen and oxygen atoms in total. The van der Waals surface area contributed by atoms with Gasteiger partial charge in [-0.25, -0.2) is 4.98 Å². The molecule has 0 aliphatic heterocycles. The van der Waals surface area contributed by atoms with Gasteiger partial charge < -0.3 is 15.4 Å². The third-order valence-electron chi connectivity index (χ3n) is 2.51. The molecule has 2 N–H and O–H groups in total. The number of carbonyl (C=O) groups excluding carboxylic acids is 2. The summed E-state index contributed by atoms with van der Waals surface area (Å²) in [5.74, 6) is -0.381. The fraction of sp³-hybridized carbons (Fsp3) is 0.615. The molecule has 0 aliphatic rings. The maximum absolute atomic E-state index is 12.5. The second kappa shape index (κ2) is 7.23. The lowest BCUT2D eigenvalue weighted by molar-refractivity contribution is -0.143. The van der Waals surface area contributed by atoms with Crippen molar-refractivity contribution in [2.75, 3.05) is 25.4 Å². The summed E-state index contributed by atoms with van der Waals surface area (Å²) >= 11 is 1.14. The minimum atomic E-state index is -0.406. The third kappa shape index (κ3) is 4.48. The molecule has 0 atom stereocenters. The largest absolute Gasteiger partial charge is 0.465 e. The van der Waals surface area contributed by atoms with Crippen LogP contribution in [0.5, 0.6) is 0 Å². The topological polar surface area (TPSA) is 85.5 Å². The fourth-order valence-corrected chi connectivity index (χ4v) is 2.58. The number of hydrogen-bond acceptors (Lipinski definition) is 6. The molecule has 0 unspecified atom stereocenters. The second-order valence-corrected chi connectivity index (χ2v) is 5.88. The van der Waals surface area contributed by atoms with Gasteiger partial charge >= 0.3 is 5.97 Å². The van der Waals surface area contributed by atoms with Crippen molar-refractivity contribution in [3.8, 4) is 0 Å². The average molecular weight is 299 g/mol.